The van der Waals surface area contributed by atoms with Gasteiger partial charge in [0.1, 0.15) is 6.17 Å². The zero-order valence-corrected chi connectivity index (χ0v) is 13.7. The summed E-state index contributed by atoms with van der Waals surface area (Å²) < 4.78 is 0. The molecule has 2 aromatic rings. The lowest BCUT2D eigenvalue weighted by atomic mass is 9.86. The van der Waals surface area contributed by atoms with Gasteiger partial charge in [-0.1, -0.05) is 30.3 Å². The summed E-state index contributed by atoms with van der Waals surface area (Å²) >= 11 is 0. The lowest BCUT2D eigenvalue weighted by Gasteiger charge is -2.16. The largest absolute Gasteiger partial charge is 0.363 e. The first-order valence-electron chi connectivity index (χ1n) is 8.00. The van der Waals surface area contributed by atoms with Crippen LogP contribution in [0, 0.1) is 0 Å². The van der Waals surface area contributed by atoms with E-state index >= 15 is 0 Å². The molecular formula is C19H21N3O. The molecule has 0 spiro atoms. The number of hydrogen-bond acceptors (Lipinski definition) is 3. The molecule has 1 atom stereocenters. The molecule has 23 heavy (non-hydrogen) atoms. The highest BCUT2D eigenvalue weighted by molar-refractivity contribution is 6.08. The number of benzene rings is 2. The molecule has 2 heterocycles. The smallest absolute Gasteiger partial charge is 0.236 e. The molecular weight excluding hydrogens is 286 g/mol. The fourth-order valence-corrected chi connectivity index (χ4v) is 3.61. The number of nitrogens with zero attached hydrogens (tertiary/aromatic N) is 1. The van der Waals surface area contributed by atoms with E-state index in [1.165, 1.54) is 5.56 Å². The van der Waals surface area contributed by atoms with Gasteiger partial charge in [-0.3, -0.25) is 4.79 Å². The Bertz CT molecular complexity index is 783. The van der Waals surface area contributed by atoms with Gasteiger partial charge in [0, 0.05) is 19.2 Å². The van der Waals surface area contributed by atoms with Crippen molar-refractivity contribution >= 4 is 23.0 Å². The van der Waals surface area contributed by atoms with E-state index in [9.17, 15) is 4.79 Å². The van der Waals surface area contributed by atoms with Crippen LogP contribution >= 0.6 is 0 Å². The fraction of sp³-hybridized carbons (Fsp3) is 0.316. The molecule has 118 valence electrons. The first kappa shape index (κ1) is 14.1. The molecule has 2 aliphatic heterocycles. The van der Waals surface area contributed by atoms with Crippen molar-refractivity contribution in [3.8, 4) is 0 Å². The van der Waals surface area contributed by atoms with E-state index in [4.69, 9.17) is 0 Å². The third-order valence-corrected chi connectivity index (χ3v) is 4.95. The minimum Gasteiger partial charge on any atom is -0.363 e. The maximum absolute atomic E-state index is 12.4. The predicted molar refractivity (Wildman–Crippen MR) is 94.1 cm³/mol. The van der Waals surface area contributed by atoms with Gasteiger partial charge in [-0.15, -0.1) is 0 Å². The van der Waals surface area contributed by atoms with Crippen LogP contribution in [0.3, 0.4) is 0 Å². The molecule has 4 rings (SSSR count). The number of fused-ring (bicyclic) bond motifs is 2. The molecule has 0 saturated carbocycles. The monoisotopic (exact) mass is 307 g/mol. The van der Waals surface area contributed by atoms with Gasteiger partial charge in [0.05, 0.1) is 16.8 Å². The molecule has 2 aromatic carbocycles. The van der Waals surface area contributed by atoms with Crippen molar-refractivity contribution in [2.75, 3.05) is 22.6 Å². The summed E-state index contributed by atoms with van der Waals surface area (Å²) in [4.78, 5) is 14.2. The van der Waals surface area contributed by atoms with Crippen molar-refractivity contribution in [3.63, 3.8) is 0 Å². The Morgan fingerprint density at radius 2 is 1.74 bits per heavy atom. The Kier molecular flexibility index (Phi) is 2.92. The van der Waals surface area contributed by atoms with Crippen LogP contribution < -0.4 is 15.5 Å². The lowest BCUT2D eigenvalue weighted by molar-refractivity contribution is -0.121. The van der Waals surface area contributed by atoms with Crippen molar-refractivity contribution in [2.24, 2.45) is 0 Å². The molecule has 4 heteroatoms. The van der Waals surface area contributed by atoms with Crippen molar-refractivity contribution in [1.29, 1.82) is 0 Å². The van der Waals surface area contributed by atoms with Crippen LogP contribution in [0.1, 0.15) is 25.0 Å². The second-order valence-electron chi connectivity index (χ2n) is 6.94. The molecule has 2 aliphatic rings. The van der Waals surface area contributed by atoms with Gasteiger partial charge in [-0.2, -0.15) is 0 Å². The number of carbonyl (C=O) groups is 1. The quantitative estimate of drug-likeness (QED) is 0.894. The van der Waals surface area contributed by atoms with E-state index in [1.54, 1.807) is 4.90 Å². The van der Waals surface area contributed by atoms with Crippen molar-refractivity contribution in [3.05, 3.63) is 53.6 Å². The Morgan fingerprint density at radius 3 is 2.43 bits per heavy atom. The summed E-state index contributed by atoms with van der Waals surface area (Å²) in [6.45, 7) is 3.99. The number of hydrogen-bond donors (Lipinski definition) is 2. The van der Waals surface area contributed by atoms with Crippen molar-refractivity contribution < 1.29 is 4.79 Å². The van der Waals surface area contributed by atoms with Gasteiger partial charge in [-0.25, -0.2) is 0 Å². The maximum Gasteiger partial charge on any atom is 0.236 e. The van der Waals surface area contributed by atoms with Gasteiger partial charge in [0.25, 0.3) is 0 Å². The van der Waals surface area contributed by atoms with E-state index in [0.29, 0.717) is 0 Å². The van der Waals surface area contributed by atoms with Crippen LogP contribution in [0.2, 0.25) is 0 Å². The second-order valence-corrected chi connectivity index (χ2v) is 6.94. The predicted octanol–water partition coefficient (Wildman–Crippen LogP) is 3.35. The van der Waals surface area contributed by atoms with E-state index in [-0.39, 0.29) is 12.1 Å². The highest BCUT2D eigenvalue weighted by Crippen LogP contribution is 2.46. The molecule has 1 amide bonds. The topological polar surface area (TPSA) is 44.4 Å². The van der Waals surface area contributed by atoms with Crippen LogP contribution in [0.15, 0.2) is 42.5 Å². The summed E-state index contributed by atoms with van der Waals surface area (Å²) in [7, 11) is 1.85. The van der Waals surface area contributed by atoms with E-state index in [0.717, 1.165) is 29.0 Å². The molecule has 1 unspecified atom stereocenters. The van der Waals surface area contributed by atoms with Crippen LogP contribution in [0.4, 0.5) is 17.1 Å². The molecule has 4 nitrogen and oxygen atoms in total. The van der Waals surface area contributed by atoms with E-state index in [2.05, 4.69) is 47.0 Å². The molecule has 0 bridgehead atoms. The zero-order chi connectivity index (χ0) is 16.2. The van der Waals surface area contributed by atoms with Gasteiger partial charge in [0.2, 0.25) is 5.91 Å². The Hall–Kier alpha value is -2.49. The number of anilines is 3. The minimum absolute atomic E-state index is 0.150. The van der Waals surface area contributed by atoms with Crippen LogP contribution in [0.25, 0.3) is 0 Å². The molecule has 2 N–H and O–H groups in total. The Morgan fingerprint density at radius 1 is 1.09 bits per heavy atom. The maximum atomic E-state index is 12.4. The molecule has 0 aromatic heterocycles. The number of likely N-dealkylation sites (N-methyl/N-ethyl adjacent to an activating group) is 1. The Labute approximate surface area is 136 Å². The molecule has 0 saturated heterocycles. The zero-order valence-electron chi connectivity index (χ0n) is 13.7. The lowest BCUT2D eigenvalue weighted by Crippen LogP contribution is -2.33. The van der Waals surface area contributed by atoms with Gasteiger partial charge < -0.3 is 15.5 Å². The summed E-state index contributed by atoms with van der Waals surface area (Å²) in [5, 5.41) is 7.07. The van der Waals surface area contributed by atoms with Crippen LogP contribution in [-0.2, 0) is 16.6 Å². The molecule has 0 fully saturated rings. The van der Waals surface area contributed by atoms with Crippen LogP contribution in [-0.4, -0.2) is 19.1 Å². The average Bonchev–Trinajstić information content (AvgIpc) is 3.00. The SMILES string of the molecule is CN1C(=O)C(C)(C)c2cc3c(cc21)NC(Cc1ccccc1)N3. The van der Waals surface area contributed by atoms with Gasteiger partial charge >= 0.3 is 0 Å². The van der Waals surface area contributed by atoms with E-state index in [1.807, 2.05) is 27.0 Å². The van der Waals surface area contributed by atoms with Crippen molar-refractivity contribution in [1.82, 2.24) is 0 Å². The van der Waals surface area contributed by atoms with Crippen molar-refractivity contribution in [2.45, 2.75) is 31.8 Å². The standard InChI is InChI=1S/C19H21N3O/c1-19(2)13-10-14-15(11-16(13)22(3)18(19)23)21-17(20-14)9-12-7-5-4-6-8-12/h4-8,10-11,17,20-21H,9H2,1-3H3. The summed E-state index contributed by atoms with van der Waals surface area (Å²) in [5.41, 5.74) is 5.10. The Balaban J connectivity index is 1.63. The fourth-order valence-electron chi connectivity index (χ4n) is 3.61. The highest BCUT2D eigenvalue weighted by atomic mass is 16.2. The highest BCUT2D eigenvalue weighted by Gasteiger charge is 2.43. The third-order valence-electron chi connectivity index (χ3n) is 4.95. The number of carbonyl (C=O) groups excluding carboxylic acids is 1. The third kappa shape index (κ3) is 2.09. The summed E-state index contributed by atoms with van der Waals surface area (Å²) in [6.07, 6.45) is 1.09. The number of amides is 1. The average molecular weight is 307 g/mol. The number of rotatable bonds is 2. The number of nitrogens with one attached hydrogen (secondary N) is 2. The normalized spacial score (nSPS) is 20.7. The van der Waals surface area contributed by atoms with Crippen LogP contribution in [0.5, 0.6) is 0 Å². The molecule has 0 aliphatic carbocycles. The first-order valence-corrected chi connectivity index (χ1v) is 8.00. The van der Waals surface area contributed by atoms with Gasteiger partial charge in [0.15, 0.2) is 0 Å². The molecule has 0 radical (unpaired) electrons. The second kappa shape index (κ2) is 4.75. The van der Waals surface area contributed by atoms with E-state index < -0.39 is 5.41 Å². The minimum atomic E-state index is -0.460. The first-order chi connectivity index (χ1) is 11.0. The summed E-state index contributed by atoms with van der Waals surface area (Å²) in [5.74, 6) is 0.150. The van der Waals surface area contributed by atoms with Gasteiger partial charge in [-0.05, 0) is 37.1 Å². The summed E-state index contributed by atoms with van der Waals surface area (Å²) in [6, 6.07) is 14.7.